The lowest BCUT2D eigenvalue weighted by molar-refractivity contribution is -0.277. The second-order valence-electron chi connectivity index (χ2n) is 8.23. The van der Waals surface area contributed by atoms with Crippen LogP contribution in [-0.2, 0) is 20.7 Å². The molecule has 34 heavy (non-hydrogen) atoms. The highest BCUT2D eigenvalue weighted by atomic mass is 35.5. The lowest BCUT2D eigenvalue weighted by atomic mass is 9.77. The van der Waals surface area contributed by atoms with Crippen molar-refractivity contribution in [2.45, 2.75) is 44.0 Å². The molecule has 4 rings (SSSR count). The van der Waals surface area contributed by atoms with Crippen LogP contribution in [-0.4, -0.2) is 30.4 Å². The zero-order chi connectivity index (χ0) is 25.3. The highest BCUT2D eigenvalue weighted by molar-refractivity contribution is 6.62. The van der Waals surface area contributed by atoms with Crippen LogP contribution < -0.4 is 10.2 Å². The van der Waals surface area contributed by atoms with E-state index in [1.165, 1.54) is 12.1 Å². The molecule has 0 saturated carbocycles. The molecule has 0 aromatic heterocycles. The van der Waals surface area contributed by atoms with E-state index >= 15 is 0 Å². The number of rotatable bonds is 3. The van der Waals surface area contributed by atoms with Gasteiger partial charge in [0.1, 0.15) is 0 Å². The van der Waals surface area contributed by atoms with Gasteiger partial charge in [0.2, 0.25) is 0 Å². The van der Waals surface area contributed by atoms with Gasteiger partial charge in [-0.05, 0) is 48.6 Å². The van der Waals surface area contributed by atoms with E-state index in [-0.39, 0.29) is 11.3 Å². The molecule has 2 aliphatic rings. The Labute approximate surface area is 199 Å². The topological polar surface area (TPSA) is 60.3 Å². The van der Waals surface area contributed by atoms with Crippen molar-refractivity contribution in [2.75, 3.05) is 0 Å². The van der Waals surface area contributed by atoms with E-state index in [1.807, 2.05) is 0 Å². The fourth-order valence-electron chi connectivity index (χ4n) is 3.94. The Morgan fingerprint density at radius 1 is 1.06 bits per heavy atom. The molecule has 0 bridgehead atoms. The maximum absolute atomic E-state index is 14.3. The molecule has 0 amide bonds. The molecule has 2 aromatic rings. The molecule has 2 aliphatic heterocycles. The van der Waals surface area contributed by atoms with Crippen molar-refractivity contribution in [1.82, 2.24) is 0 Å². The Balaban J connectivity index is 1.73. The van der Waals surface area contributed by atoms with Gasteiger partial charge in [-0.1, -0.05) is 40.5 Å². The Morgan fingerprint density at radius 3 is 2.24 bits per heavy atom. The second-order valence-corrected chi connectivity index (χ2v) is 9.04. The van der Waals surface area contributed by atoms with Gasteiger partial charge in [0.15, 0.2) is 5.75 Å². The Kier molecular flexibility index (Phi) is 5.83. The summed E-state index contributed by atoms with van der Waals surface area (Å²) < 4.78 is 89.8. The first-order valence-corrected chi connectivity index (χ1v) is 10.4. The van der Waals surface area contributed by atoms with Crippen molar-refractivity contribution in [3.05, 3.63) is 57.1 Å². The molecule has 0 spiro atoms. The van der Waals surface area contributed by atoms with Gasteiger partial charge in [-0.25, -0.2) is 0 Å². The van der Waals surface area contributed by atoms with Crippen molar-refractivity contribution >= 4 is 41.5 Å². The lowest BCUT2D eigenvalue weighted by Crippen LogP contribution is -2.42. The summed E-state index contributed by atoms with van der Waals surface area (Å²) in [5.41, 5.74) is -3.38. The van der Waals surface area contributed by atoms with Crippen molar-refractivity contribution in [1.29, 1.82) is 0 Å². The number of fused-ring (bicyclic) bond motifs is 1. The van der Waals surface area contributed by atoms with E-state index in [4.69, 9.17) is 32.7 Å². The molecule has 2 heterocycles. The summed E-state index contributed by atoms with van der Waals surface area (Å²) in [7, 11) is -1.18. The van der Waals surface area contributed by atoms with Crippen LogP contribution in [0.25, 0.3) is 0 Å². The molecule has 182 valence electrons. The summed E-state index contributed by atoms with van der Waals surface area (Å²) in [6.07, 6.45) is -11.0. The van der Waals surface area contributed by atoms with Gasteiger partial charge in [0, 0.05) is 12.0 Å². The van der Waals surface area contributed by atoms with E-state index in [2.05, 4.69) is 9.89 Å². The smallest absolute Gasteiger partial charge is 0.423 e. The number of halogens is 8. The third-order valence-corrected chi connectivity index (χ3v) is 6.14. The molecule has 0 radical (unpaired) electrons. The first-order valence-electron chi connectivity index (χ1n) is 9.62. The summed E-state index contributed by atoms with van der Waals surface area (Å²) in [6, 6.07) is 5.81. The Bertz CT molecular complexity index is 1160. The van der Waals surface area contributed by atoms with Crippen LogP contribution >= 0.6 is 23.2 Å². The molecule has 1 unspecified atom stereocenters. The number of benzene rings is 2. The van der Waals surface area contributed by atoms with E-state index in [0.29, 0.717) is 23.2 Å². The predicted octanol–water partition coefficient (Wildman–Crippen LogP) is 5.43. The van der Waals surface area contributed by atoms with Crippen molar-refractivity contribution in [2.24, 2.45) is 5.16 Å². The number of nitrogens with zero attached hydrogens (tertiary/aromatic N) is 1. The minimum absolute atomic E-state index is 0.0832. The van der Waals surface area contributed by atoms with Gasteiger partial charge in [0.25, 0.3) is 5.60 Å². The van der Waals surface area contributed by atoms with E-state index in [0.717, 1.165) is 0 Å². The highest BCUT2D eigenvalue weighted by Crippen LogP contribution is 2.51. The van der Waals surface area contributed by atoms with Crippen LogP contribution in [0.3, 0.4) is 0 Å². The van der Waals surface area contributed by atoms with Gasteiger partial charge >= 0.3 is 19.7 Å². The van der Waals surface area contributed by atoms with Gasteiger partial charge in [-0.2, -0.15) is 13.2 Å². The van der Waals surface area contributed by atoms with Gasteiger partial charge in [0.05, 0.1) is 21.4 Å². The van der Waals surface area contributed by atoms with Gasteiger partial charge in [-0.15, -0.1) is 13.2 Å². The normalized spacial score (nSPS) is 21.9. The number of ether oxygens (including phenoxy) is 1. The van der Waals surface area contributed by atoms with Crippen LogP contribution in [0.2, 0.25) is 10.0 Å². The largest absolute Gasteiger partial charge is 0.573 e. The van der Waals surface area contributed by atoms with Crippen LogP contribution in [0.4, 0.5) is 26.3 Å². The molecular formula is C20H14BCl2F6NO4. The van der Waals surface area contributed by atoms with Crippen LogP contribution in [0.1, 0.15) is 37.0 Å². The maximum atomic E-state index is 14.3. The molecule has 1 N–H and O–H groups in total. The molecule has 14 heteroatoms. The van der Waals surface area contributed by atoms with Gasteiger partial charge in [-0.3, -0.25) is 0 Å². The third-order valence-electron chi connectivity index (χ3n) is 5.58. The Morgan fingerprint density at radius 2 is 1.68 bits per heavy atom. The summed E-state index contributed by atoms with van der Waals surface area (Å²) in [5, 5.41) is 12.1. The Hall–Kier alpha value is -2.15. The summed E-state index contributed by atoms with van der Waals surface area (Å²) in [6.45, 7) is 3.38. The van der Waals surface area contributed by atoms with Crippen LogP contribution in [0.15, 0.2) is 35.5 Å². The summed E-state index contributed by atoms with van der Waals surface area (Å²) in [4.78, 5) is 4.90. The minimum Gasteiger partial charge on any atom is -0.423 e. The monoisotopic (exact) mass is 527 g/mol. The number of alkyl halides is 6. The summed E-state index contributed by atoms with van der Waals surface area (Å²) >= 11 is 11.6. The van der Waals surface area contributed by atoms with Crippen molar-refractivity contribution in [3.8, 4) is 5.75 Å². The number of hydrogen-bond acceptors (Lipinski definition) is 5. The van der Waals surface area contributed by atoms with Crippen molar-refractivity contribution in [3.63, 3.8) is 0 Å². The average molecular weight is 528 g/mol. The van der Waals surface area contributed by atoms with Crippen LogP contribution in [0, 0.1) is 0 Å². The molecule has 0 saturated heterocycles. The maximum Gasteiger partial charge on any atom is 0.573 e. The molecule has 1 atom stereocenters. The average Bonchev–Trinajstić information content (AvgIpc) is 3.24. The molecule has 0 aliphatic carbocycles. The van der Waals surface area contributed by atoms with Gasteiger partial charge < -0.3 is 19.3 Å². The fourth-order valence-corrected chi connectivity index (χ4v) is 4.51. The first kappa shape index (κ1) is 25.0. The lowest BCUT2D eigenvalue weighted by Gasteiger charge is -2.30. The first-order chi connectivity index (χ1) is 15.5. The highest BCUT2D eigenvalue weighted by Gasteiger charge is 2.62. The van der Waals surface area contributed by atoms with E-state index < -0.39 is 58.6 Å². The number of oxime groups is 1. The molecule has 5 nitrogen and oxygen atoms in total. The predicted molar refractivity (Wildman–Crippen MR) is 111 cm³/mol. The number of hydrogen-bond donors (Lipinski definition) is 1. The second kappa shape index (κ2) is 7.94. The fraction of sp³-hybridized carbons (Fsp3) is 0.350. The zero-order valence-electron chi connectivity index (χ0n) is 17.3. The summed E-state index contributed by atoms with van der Waals surface area (Å²) in [5.74, 6) is -1.03. The molecule has 0 fully saturated rings. The zero-order valence-corrected chi connectivity index (χ0v) is 18.8. The quantitative estimate of drug-likeness (QED) is 0.427. The minimum atomic E-state index is -5.16. The van der Waals surface area contributed by atoms with E-state index in [1.54, 1.807) is 19.9 Å². The molecule has 2 aromatic carbocycles. The standard InChI is InChI=1S/C20H14BCl2F6NO4/c1-17(2)11-5-9(3-4-12(11)21(31)33-17)15-8-18(34-30-15,19(24,25)26)10-6-13(22)16(14(23)7-10)32-20(27,28)29/h3-7,31H,8H2,1-2H3. The molecular weight excluding hydrogens is 514 g/mol. The third kappa shape index (κ3) is 4.21. The SMILES string of the molecule is CC1(C)OB(O)c2ccc(C3=NOC(c4cc(Cl)c(OC(F)(F)F)c(Cl)c4)(C(F)(F)F)C3)cc21. The van der Waals surface area contributed by atoms with E-state index in [9.17, 15) is 31.4 Å². The van der Waals surface area contributed by atoms with Crippen molar-refractivity contribution < 1.29 is 45.6 Å². The van der Waals surface area contributed by atoms with Crippen LogP contribution in [0.5, 0.6) is 5.75 Å².